The number of carbonyl (C=O) groups excluding carboxylic acids is 1. The van der Waals surface area contributed by atoms with Crippen LogP contribution in [-0.2, 0) is 4.79 Å². The van der Waals surface area contributed by atoms with Crippen LogP contribution in [0.3, 0.4) is 0 Å². The number of hydrogen-bond donors (Lipinski definition) is 2. The first kappa shape index (κ1) is 15.8. The smallest absolute Gasteiger partial charge is 0.232 e. The molecular formula is C17H23NO3S. The van der Waals surface area contributed by atoms with Gasteiger partial charge in [-0.05, 0) is 43.2 Å². The Kier molecular flexibility index (Phi) is 4.76. The van der Waals surface area contributed by atoms with E-state index in [0.29, 0.717) is 30.4 Å². The van der Waals surface area contributed by atoms with E-state index in [4.69, 9.17) is 0 Å². The number of carbonyl (C=O) groups is 1. The van der Waals surface area contributed by atoms with E-state index in [1.165, 1.54) is 5.56 Å². The van der Waals surface area contributed by atoms with Gasteiger partial charge in [0, 0.05) is 18.0 Å². The second-order valence-corrected chi connectivity index (χ2v) is 7.50. The summed E-state index contributed by atoms with van der Waals surface area (Å²) < 4.78 is 0. The van der Waals surface area contributed by atoms with Gasteiger partial charge in [-0.15, -0.1) is 11.8 Å². The maximum absolute atomic E-state index is 12.4. The lowest BCUT2D eigenvalue weighted by Crippen LogP contribution is -2.38. The molecule has 3 rings (SSSR count). The van der Waals surface area contributed by atoms with Crippen LogP contribution in [0.1, 0.15) is 18.4 Å². The molecule has 120 valence electrons. The first-order chi connectivity index (χ1) is 10.5. The number of benzene rings is 1. The van der Waals surface area contributed by atoms with Crippen LogP contribution in [0.15, 0.2) is 29.2 Å². The fraction of sp³-hybridized carbons (Fsp3) is 0.588. The van der Waals surface area contributed by atoms with Gasteiger partial charge in [0.25, 0.3) is 0 Å². The van der Waals surface area contributed by atoms with Crippen LogP contribution in [-0.4, -0.2) is 52.1 Å². The molecule has 0 radical (unpaired) electrons. The van der Waals surface area contributed by atoms with Crippen molar-refractivity contribution in [3.05, 3.63) is 29.8 Å². The topological polar surface area (TPSA) is 60.8 Å². The highest BCUT2D eigenvalue weighted by Crippen LogP contribution is 2.37. The van der Waals surface area contributed by atoms with E-state index in [-0.39, 0.29) is 5.91 Å². The third-order valence-corrected chi connectivity index (χ3v) is 6.07. The Balaban J connectivity index is 1.55. The molecule has 1 heterocycles. The lowest BCUT2D eigenvalue weighted by molar-refractivity contribution is -0.127. The lowest BCUT2D eigenvalue weighted by atomic mass is 9.79. The summed E-state index contributed by atoms with van der Waals surface area (Å²) in [6, 6.07) is 8.10. The maximum Gasteiger partial charge on any atom is 0.232 e. The fourth-order valence-electron chi connectivity index (χ4n) is 3.56. The first-order valence-corrected chi connectivity index (χ1v) is 8.85. The van der Waals surface area contributed by atoms with Gasteiger partial charge >= 0.3 is 0 Å². The minimum atomic E-state index is -0.627. The van der Waals surface area contributed by atoms with Crippen molar-refractivity contribution in [1.82, 2.24) is 4.90 Å². The fourth-order valence-corrected chi connectivity index (χ4v) is 4.49. The number of rotatable bonds is 3. The van der Waals surface area contributed by atoms with Crippen LogP contribution in [0, 0.1) is 18.8 Å². The quantitative estimate of drug-likeness (QED) is 0.832. The Morgan fingerprint density at radius 2 is 1.77 bits per heavy atom. The summed E-state index contributed by atoms with van der Waals surface area (Å²) in [5.41, 5.74) is 1.20. The molecule has 1 aliphatic carbocycles. The highest BCUT2D eigenvalue weighted by atomic mass is 32.2. The van der Waals surface area contributed by atoms with Crippen molar-refractivity contribution in [3.63, 3.8) is 0 Å². The molecule has 0 bridgehead atoms. The minimum Gasteiger partial charge on any atom is -0.390 e. The largest absolute Gasteiger partial charge is 0.390 e. The zero-order chi connectivity index (χ0) is 15.7. The molecule has 1 aromatic carbocycles. The van der Waals surface area contributed by atoms with E-state index < -0.39 is 12.2 Å². The summed E-state index contributed by atoms with van der Waals surface area (Å²) in [5, 5.41) is 19.5. The van der Waals surface area contributed by atoms with Crippen LogP contribution < -0.4 is 0 Å². The van der Waals surface area contributed by atoms with Crippen molar-refractivity contribution in [2.45, 2.75) is 36.9 Å². The summed E-state index contributed by atoms with van der Waals surface area (Å²) in [5.74, 6) is 1.29. The molecule has 1 aliphatic heterocycles. The second-order valence-electron chi connectivity index (χ2n) is 6.48. The van der Waals surface area contributed by atoms with Crippen molar-refractivity contribution in [1.29, 1.82) is 0 Å². The van der Waals surface area contributed by atoms with Crippen molar-refractivity contribution in [2.75, 3.05) is 18.8 Å². The van der Waals surface area contributed by atoms with Gasteiger partial charge in [-0.2, -0.15) is 0 Å². The average molecular weight is 321 g/mol. The van der Waals surface area contributed by atoms with Crippen molar-refractivity contribution >= 4 is 17.7 Å². The molecule has 2 N–H and O–H groups in total. The van der Waals surface area contributed by atoms with Crippen LogP contribution >= 0.6 is 11.8 Å². The van der Waals surface area contributed by atoms with Gasteiger partial charge in [0.15, 0.2) is 0 Å². The van der Waals surface area contributed by atoms with Gasteiger partial charge in [0.2, 0.25) is 5.91 Å². The number of nitrogens with zero attached hydrogens (tertiary/aromatic N) is 1. The molecule has 4 nitrogen and oxygen atoms in total. The van der Waals surface area contributed by atoms with Gasteiger partial charge in [0.05, 0.1) is 18.0 Å². The molecule has 5 heteroatoms. The molecule has 0 unspecified atom stereocenters. The van der Waals surface area contributed by atoms with Gasteiger partial charge in [-0.1, -0.05) is 18.2 Å². The van der Waals surface area contributed by atoms with Crippen molar-refractivity contribution in [3.8, 4) is 0 Å². The SMILES string of the molecule is Cc1ccccc1SCC(=O)N1C[C@H]2C[C@H](O)[C@H](O)C[C@H]2C1. The third-order valence-electron chi connectivity index (χ3n) is 4.91. The number of likely N-dealkylation sites (tertiary alicyclic amines) is 1. The Hall–Kier alpha value is -1.04. The molecule has 0 aromatic heterocycles. The predicted octanol–water partition coefficient (Wildman–Crippen LogP) is 1.68. The number of aryl methyl sites for hydroxylation is 1. The van der Waals surface area contributed by atoms with Gasteiger partial charge in [-0.25, -0.2) is 0 Å². The summed E-state index contributed by atoms with van der Waals surface area (Å²) in [6.45, 7) is 3.50. The molecule has 4 atom stereocenters. The van der Waals surface area contributed by atoms with Crippen molar-refractivity contribution < 1.29 is 15.0 Å². The molecule has 22 heavy (non-hydrogen) atoms. The summed E-state index contributed by atoms with van der Waals surface area (Å²) in [7, 11) is 0. The third kappa shape index (κ3) is 3.31. The molecule has 2 aliphatic rings. The van der Waals surface area contributed by atoms with Crippen LogP contribution in [0.25, 0.3) is 0 Å². The van der Waals surface area contributed by atoms with E-state index in [1.54, 1.807) is 11.8 Å². The second kappa shape index (κ2) is 6.60. The number of amides is 1. The molecule has 1 saturated heterocycles. The lowest BCUT2D eigenvalue weighted by Gasteiger charge is -2.31. The Morgan fingerprint density at radius 1 is 1.18 bits per heavy atom. The molecule has 0 spiro atoms. The molecule has 2 fully saturated rings. The summed E-state index contributed by atoms with van der Waals surface area (Å²) in [6.07, 6.45) is -0.0310. The summed E-state index contributed by atoms with van der Waals surface area (Å²) >= 11 is 1.59. The number of aliphatic hydroxyl groups is 2. The standard InChI is InChI=1S/C17H23NO3S/c1-11-4-2-3-5-16(11)22-10-17(21)18-8-12-6-14(19)15(20)7-13(12)9-18/h2-5,12-15,19-20H,6-10H2,1H3/t12-,13+,14+,15-. The Labute approximate surface area is 135 Å². The van der Waals surface area contributed by atoms with E-state index in [9.17, 15) is 15.0 Å². The van der Waals surface area contributed by atoms with Gasteiger partial charge in [0.1, 0.15) is 0 Å². The molecule has 1 saturated carbocycles. The minimum absolute atomic E-state index is 0.159. The molecule has 1 amide bonds. The highest BCUT2D eigenvalue weighted by Gasteiger charge is 2.42. The molecular weight excluding hydrogens is 298 g/mol. The zero-order valence-corrected chi connectivity index (χ0v) is 13.6. The predicted molar refractivity (Wildman–Crippen MR) is 86.7 cm³/mol. The highest BCUT2D eigenvalue weighted by molar-refractivity contribution is 8.00. The zero-order valence-electron chi connectivity index (χ0n) is 12.8. The van der Waals surface area contributed by atoms with E-state index in [1.807, 2.05) is 23.1 Å². The maximum atomic E-state index is 12.4. The number of thioether (sulfide) groups is 1. The number of hydrogen-bond acceptors (Lipinski definition) is 4. The van der Waals surface area contributed by atoms with Gasteiger partial charge in [-0.3, -0.25) is 4.79 Å². The van der Waals surface area contributed by atoms with E-state index in [0.717, 1.165) is 18.0 Å². The summed E-state index contributed by atoms with van der Waals surface area (Å²) in [4.78, 5) is 15.5. The molecule has 1 aromatic rings. The Morgan fingerprint density at radius 3 is 2.36 bits per heavy atom. The van der Waals surface area contributed by atoms with Crippen LogP contribution in [0.5, 0.6) is 0 Å². The Bertz CT molecular complexity index is 532. The number of fused-ring (bicyclic) bond motifs is 1. The van der Waals surface area contributed by atoms with E-state index >= 15 is 0 Å². The van der Waals surface area contributed by atoms with Crippen LogP contribution in [0.4, 0.5) is 0 Å². The first-order valence-electron chi connectivity index (χ1n) is 7.87. The van der Waals surface area contributed by atoms with Crippen molar-refractivity contribution in [2.24, 2.45) is 11.8 Å². The van der Waals surface area contributed by atoms with Gasteiger partial charge < -0.3 is 15.1 Å². The van der Waals surface area contributed by atoms with E-state index in [2.05, 4.69) is 13.0 Å². The van der Waals surface area contributed by atoms with Crippen LogP contribution in [0.2, 0.25) is 0 Å². The number of aliphatic hydroxyl groups excluding tert-OH is 2. The normalized spacial score (nSPS) is 31.1. The average Bonchev–Trinajstić information content (AvgIpc) is 2.89. The monoisotopic (exact) mass is 321 g/mol.